The molecule has 0 bridgehead atoms. The van der Waals surface area contributed by atoms with Gasteiger partial charge in [-0.2, -0.15) is 0 Å². The van der Waals surface area contributed by atoms with Gasteiger partial charge in [-0.1, -0.05) is 146 Å². The summed E-state index contributed by atoms with van der Waals surface area (Å²) in [6, 6.07) is 70.9. The fourth-order valence-corrected chi connectivity index (χ4v) is 7.59. The molecule has 0 spiro atoms. The van der Waals surface area contributed by atoms with Crippen molar-refractivity contribution in [2.24, 2.45) is 0 Å². The van der Waals surface area contributed by atoms with E-state index in [1.807, 2.05) is 12.1 Å². The van der Waals surface area contributed by atoms with E-state index in [9.17, 15) is 0 Å². The molecule has 3 nitrogen and oxygen atoms in total. The first kappa shape index (κ1) is 30.7. The fraction of sp³-hybridized carbons (Fsp3) is 0. The minimum atomic E-state index is 0.889. The van der Waals surface area contributed by atoms with E-state index in [2.05, 4.69) is 193 Å². The zero-order chi connectivity index (χ0) is 35.1. The Balaban J connectivity index is 1.07. The number of hydrogen-bond acceptors (Lipinski definition) is 3. The summed E-state index contributed by atoms with van der Waals surface area (Å²) < 4.78 is 0. The first-order chi connectivity index (χ1) is 26.3. The third-order valence-electron chi connectivity index (χ3n) is 10.2. The van der Waals surface area contributed by atoms with Crippen LogP contribution in [0.15, 0.2) is 200 Å². The zero-order valence-corrected chi connectivity index (χ0v) is 28.9. The maximum absolute atomic E-state index is 5.41. The molecular weight excluding hydrogens is 643 g/mol. The van der Waals surface area contributed by atoms with Gasteiger partial charge in [-0.05, 0) is 92.7 Å². The lowest BCUT2D eigenvalue weighted by Crippen LogP contribution is -2.09. The van der Waals surface area contributed by atoms with Crippen molar-refractivity contribution in [1.29, 1.82) is 0 Å². The summed E-state index contributed by atoms with van der Waals surface area (Å²) in [6.45, 7) is 0. The van der Waals surface area contributed by atoms with E-state index in [-0.39, 0.29) is 0 Å². The van der Waals surface area contributed by atoms with Crippen LogP contribution in [0.3, 0.4) is 0 Å². The molecule has 0 radical (unpaired) electrons. The molecule has 53 heavy (non-hydrogen) atoms. The molecule has 1 heterocycles. The van der Waals surface area contributed by atoms with E-state index < -0.39 is 0 Å². The second-order valence-corrected chi connectivity index (χ2v) is 13.4. The summed E-state index contributed by atoms with van der Waals surface area (Å²) >= 11 is 0. The van der Waals surface area contributed by atoms with Crippen LogP contribution in [0.2, 0.25) is 0 Å². The molecule has 10 rings (SSSR count). The molecule has 9 aromatic carbocycles. The van der Waals surface area contributed by atoms with Crippen molar-refractivity contribution in [2.75, 3.05) is 4.90 Å². The van der Waals surface area contributed by atoms with Gasteiger partial charge in [-0.3, -0.25) is 0 Å². The van der Waals surface area contributed by atoms with E-state index in [4.69, 9.17) is 9.97 Å². The molecule has 0 aliphatic heterocycles. The summed E-state index contributed by atoms with van der Waals surface area (Å²) in [5, 5.41) is 7.03. The van der Waals surface area contributed by atoms with E-state index >= 15 is 0 Å². The average molecular weight is 676 g/mol. The van der Waals surface area contributed by atoms with Crippen LogP contribution in [0, 0.1) is 0 Å². The lowest BCUT2D eigenvalue weighted by Gasteiger charge is -2.25. The molecule has 0 N–H and O–H groups in total. The van der Waals surface area contributed by atoms with Crippen LogP contribution >= 0.6 is 0 Å². The van der Waals surface area contributed by atoms with Crippen LogP contribution in [0.4, 0.5) is 17.1 Å². The summed E-state index contributed by atoms with van der Waals surface area (Å²) in [5.41, 5.74) is 11.4. The molecule has 0 saturated carbocycles. The topological polar surface area (TPSA) is 29.0 Å². The largest absolute Gasteiger partial charge is 0.310 e. The predicted octanol–water partition coefficient (Wildman–Crippen LogP) is 13.6. The fourth-order valence-electron chi connectivity index (χ4n) is 7.59. The highest BCUT2D eigenvalue weighted by molar-refractivity contribution is 6.19. The lowest BCUT2D eigenvalue weighted by molar-refractivity contribution is 1.29. The maximum atomic E-state index is 5.41. The summed E-state index contributed by atoms with van der Waals surface area (Å²) in [4.78, 5) is 13.0. The molecule has 0 saturated heterocycles. The number of anilines is 3. The van der Waals surface area contributed by atoms with Crippen molar-refractivity contribution < 1.29 is 0 Å². The van der Waals surface area contributed by atoms with Crippen LogP contribution in [-0.4, -0.2) is 9.97 Å². The molecule has 0 aliphatic rings. The number of para-hydroxylation sites is 2. The summed E-state index contributed by atoms with van der Waals surface area (Å²) in [6.07, 6.45) is 0. The second-order valence-electron chi connectivity index (χ2n) is 13.4. The molecule has 248 valence electrons. The standard InChI is InChI=1S/C50H33N3/c1-5-13-35(14-6-1)48-49(36-15-7-2-8-16-36)52-50-46(51-48)30-27-34-21-24-41-32-39(26-29-45(41)47(34)50)37-22-23-40-33-44(28-25-38(40)31-37)53(42-17-9-3-10-18-42)43-19-11-4-12-20-43/h1-33H. The van der Waals surface area contributed by atoms with E-state index in [1.165, 1.54) is 32.7 Å². The van der Waals surface area contributed by atoms with E-state index in [0.29, 0.717) is 0 Å². The van der Waals surface area contributed by atoms with Gasteiger partial charge in [0.2, 0.25) is 0 Å². The van der Waals surface area contributed by atoms with Crippen molar-refractivity contribution in [3.63, 3.8) is 0 Å². The molecular formula is C50H33N3. The third-order valence-corrected chi connectivity index (χ3v) is 10.2. The number of nitrogens with zero attached hydrogens (tertiary/aromatic N) is 3. The second kappa shape index (κ2) is 12.9. The molecule has 0 fully saturated rings. The average Bonchev–Trinajstić information content (AvgIpc) is 3.24. The van der Waals surface area contributed by atoms with E-state index in [1.54, 1.807) is 0 Å². The predicted molar refractivity (Wildman–Crippen MR) is 223 cm³/mol. The Bertz CT molecular complexity index is 2890. The SMILES string of the molecule is c1ccc(-c2nc3ccc4ccc5cc(-c6ccc7cc(N(c8ccccc8)c8ccccc8)ccc7c6)ccc5c4c3nc2-c2ccccc2)cc1. The first-order valence-electron chi connectivity index (χ1n) is 18.0. The Kier molecular flexibility index (Phi) is 7.47. The van der Waals surface area contributed by atoms with Gasteiger partial charge in [-0.25, -0.2) is 9.97 Å². The Morgan fingerprint density at radius 1 is 0.321 bits per heavy atom. The van der Waals surface area contributed by atoms with Gasteiger partial charge in [0.25, 0.3) is 0 Å². The smallest absolute Gasteiger partial charge is 0.0979 e. The molecule has 0 atom stereocenters. The Hall–Kier alpha value is -7.10. The highest BCUT2D eigenvalue weighted by atomic mass is 15.1. The third kappa shape index (κ3) is 5.56. The molecule has 0 amide bonds. The Morgan fingerprint density at radius 2 is 0.811 bits per heavy atom. The molecule has 1 aromatic heterocycles. The zero-order valence-electron chi connectivity index (χ0n) is 28.9. The Labute approximate surface area is 308 Å². The van der Waals surface area contributed by atoms with Gasteiger partial charge >= 0.3 is 0 Å². The highest BCUT2D eigenvalue weighted by Crippen LogP contribution is 2.39. The van der Waals surface area contributed by atoms with Crippen LogP contribution in [0.1, 0.15) is 0 Å². The quantitative estimate of drug-likeness (QED) is 0.164. The number of fused-ring (bicyclic) bond motifs is 6. The van der Waals surface area contributed by atoms with Crippen molar-refractivity contribution in [1.82, 2.24) is 9.97 Å². The monoisotopic (exact) mass is 675 g/mol. The summed E-state index contributed by atoms with van der Waals surface area (Å²) in [7, 11) is 0. The van der Waals surface area contributed by atoms with Crippen LogP contribution < -0.4 is 4.90 Å². The van der Waals surface area contributed by atoms with Crippen molar-refractivity contribution in [3.05, 3.63) is 200 Å². The number of aromatic nitrogens is 2. The van der Waals surface area contributed by atoms with Gasteiger partial charge < -0.3 is 4.90 Å². The number of hydrogen-bond donors (Lipinski definition) is 0. The Morgan fingerprint density at radius 3 is 1.47 bits per heavy atom. The minimum Gasteiger partial charge on any atom is -0.310 e. The van der Waals surface area contributed by atoms with Gasteiger partial charge in [-0.15, -0.1) is 0 Å². The summed E-state index contributed by atoms with van der Waals surface area (Å²) in [5.74, 6) is 0. The lowest BCUT2D eigenvalue weighted by atomic mass is 9.95. The van der Waals surface area contributed by atoms with Crippen molar-refractivity contribution in [2.45, 2.75) is 0 Å². The molecule has 0 aliphatic carbocycles. The van der Waals surface area contributed by atoms with Gasteiger partial charge in [0, 0.05) is 33.6 Å². The molecule has 10 aromatic rings. The van der Waals surface area contributed by atoms with E-state index in [0.717, 1.165) is 61.4 Å². The number of benzene rings is 9. The van der Waals surface area contributed by atoms with Gasteiger partial charge in [0.05, 0.1) is 22.4 Å². The molecule has 3 heteroatoms. The minimum absolute atomic E-state index is 0.889. The van der Waals surface area contributed by atoms with Gasteiger partial charge in [0.1, 0.15) is 0 Å². The maximum Gasteiger partial charge on any atom is 0.0979 e. The normalized spacial score (nSPS) is 11.4. The van der Waals surface area contributed by atoms with Crippen molar-refractivity contribution >= 4 is 60.4 Å². The van der Waals surface area contributed by atoms with Crippen molar-refractivity contribution in [3.8, 4) is 33.6 Å². The van der Waals surface area contributed by atoms with Crippen LogP contribution in [0.25, 0.3) is 77.0 Å². The van der Waals surface area contributed by atoms with Gasteiger partial charge in [0.15, 0.2) is 0 Å². The highest BCUT2D eigenvalue weighted by Gasteiger charge is 2.17. The first-order valence-corrected chi connectivity index (χ1v) is 18.0. The van der Waals surface area contributed by atoms with Crippen LogP contribution in [-0.2, 0) is 0 Å². The molecule has 0 unspecified atom stereocenters. The number of rotatable bonds is 6. The van der Waals surface area contributed by atoms with Crippen LogP contribution in [0.5, 0.6) is 0 Å².